The fourth-order valence-corrected chi connectivity index (χ4v) is 1.99. The van der Waals surface area contributed by atoms with E-state index in [1.807, 2.05) is 30.3 Å². The van der Waals surface area contributed by atoms with Crippen LogP contribution in [0.3, 0.4) is 0 Å². The lowest BCUT2D eigenvalue weighted by Gasteiger charge is -2.09. The third-order valence-corrected chi connectivity index (χ3v) is 3.25. The molecule has 2 aromatic rings. The maximum absolute atomic E-state index is 5.82. The van der Waals surface area contributed by atoms with Crippen molar-refractivity contribution in [1.29, 1.82) is 0 Å². The molecule has 0 aliphatic carbocycles. The molecule has 0 radical (unpaired) electrons. The molecular formula is C14H15IN2O. The van der Waals surface area contributed by atoms with Crippen molar-refractivity contribution < 1.29 is 4.74 Å². The highest BCUT2D eigenvalue weighted by Gasteiger charge is 2.02. The molecule has 1 N–H and O–H groups in total. The lowest BCUT2D eigenvalue weighted by atomic mass is 10.3. The molecule has 0 atom stereocenters. The molecule has 0 unspecified atom stereocenters. The van der Waals surface area contributed by atoms with Crippen LogP contribution in [0.2, 0.25) is 0 Å². The zero-order chi connectivity index (χ0) is 12.8. The number of hydrogen-bond acceptors (Lipinski definition) is 3. The van der Waals surface area contributed by atoms with Crippen molar-refractivity contribution in [3.8, 4) is 11.5 Å². The Morgan fingerprint density at radius 3 is 2.89 bits per heavy atom. The Morgan fingerprint density at radius 1 is 1.28 bits per heavy atom. The average Bonchev–Trinajstić information content (AvgIpc) is 2.40. The van der Waals surface area contributed by atoms with Crippen LogP contribution >= 0.6 is 22.6 Å². The second-order valence-corrected chi connectivity index (χ2v) is 5.03. The maximum Gasteiger partial charge on any atom is 0.147 e. The van der Waals surface area contributed by atoms with Gasteiger partial charge in [0, 0.05) is 12.6 Å². The van der Waals surface area contributed by atoms with Crippen LogP contribution in [-0.4, -0.2) is 11.5 Å². The van der Waals surface area contributed by atoms with Gasteiger partial charge in [-0.15, -0.1) is 0 Å². The van der Waals surface area contributed by atoms with Gasteiger partial charge in [-0.05, 0) is 41.1 Å². The minimum absolute atomic E-state index is 0.750. The summed E-state index contributed by atoms with van der Waals surface area (Å²) in [5, 5.41) is 3.29. The number of ether oxygens (including phenoxy) is 1. The van der Waals surface area contributed by atoms with E-state index < -0.39 is 0 Å². The van der Waals surface area contributed by atoms with Crippen LogP contribution in [0.15, 0.2) is 42.7 Å². The molecule has 1 aromatic heterocycles. The lowest BCUT2D eigenvalue weighted by molar-refractivity contribution is 0.477. The number of pyridine rings is 1. The zero-order valence-electron chi connectivity index (χ0n) is 10.2. The second kappa shape index (κ2) is 6.58. The van der Waals surface area contributed by atoms with Gasteiger partial charge in [0.25, 0.3) is 0 Å². The van der Waals surface area contributed by atoms with Gasteiger partial charge in [0.2, 0.25) is 0 Å². The number of hydrogen-bond donors (Lipinski definition) is 1. The van der Waals surface area contributed by atoms with Gasteiger partial charge >= 0.3 is 0 Å². The number of nitrogens with zero attached hydrogens (tertiary/aromatic N) is 1. The van der Waals surface area contributed by atoms with Crippen molar-refractivity contribution in [3.05, 3.63) is 46.3 Å². The number of nitrogens with one attached hydrogen (secondary N) is 1. The molecule has 18 heavy (non-hydrogen) atoms. The Balaban J connectivity index is 2.12. The standard InChI is InChI=1S/C14H15IN2O/c1-2-7-17-11-8-12(10-16-9-11)18-14-6-4-3-5-13(14)15/h3-6,8-10,17H,2,7H2,1H3. The Morgan fingerprint density at radius 2 is 2.11 bits per heavy atom. The minimum atomic E-state index is 0.750. The summed E-state index contributed by atoms with van der Waals surface area (Å²) in [6, 6.07) is 9.89. The average molecular weight is 354 g/mol. The van der Waals surface area contributed by atoms with Crippen LogP contribution in [0, 0.1) is 3.57 Å². The topological polar surface area (TPSA) is 34.2 Å². The molecule has 4 heteroatoms. The van der Waals surface area contributed by atoms with Crippen molar-refractivity contribution in [2.45, 2.75) is 13.3 Å². The zero-order valence-corrected chi connectivity index (χ0v) is 12.3. The van der Waals surface area contributed by atoms with Gasteiger partial charge < -0.3 is 10.1 Å². The van der Waals surface area contributed by atoms with Gasteiger partial charge in [-0.2, -0.15) is 0 Å². The largest absolute Gasteiger partial charge is 0.455 e. The summed E-state index contributed by atoms with van der Waals surface area (Å²) in [5.41, 5.74) is 0.986. The van der Waals surface area contributed by atoms with E-state index in [2.05, 4.69) is 39.8 Å². The summed E-state index contributed by atoms with van der Waals surface area (Å²) in [7, 11) is 0. The monoisotopic (exact) mass is 354 g/mol. The molecule has 94 valence electrons. The Hall–Kier alpha value is -1.30. The van der Waals surface area contributed by atoms with E-state index in [9.17, 15) is 0 Å². The third-order valence-electron chi connectivity index (χ3n) is 2.36. The van der Waals surface area contributed by atoms with Gasteiger partial charge in [0.05, 0.1) is 21.7 Å². The van der Waals surface area contributed by atoms with E-state index in [4.69, 9.17) is 4.74 Å². The van der Waals surface area contributed by atoms with Crippen LogP contribution < -0.4 is 10.1 Å². The second-order valence-electron chi connectivity index (χ2n) is 3.87. The highest BCUT2D eigenvalue weighted by atomic mass is 127. The van der Waals surface area contributed by atoms with Crippen molar-refractivity contribution in [1.82, 2.24) is 4.98 Å². The Kier molecular flexibility index (Phi) is 4.81. The van der Waals surface area contributed by atoms with Crippen LogP contribution in [0.1, 0.15) is 13.3 Å². The molecule has 0 amide bonds. The van der Waals surface area contributed by atoms with E-state index in [0.29, 0.717) is 0 Å². The molecule has 2 rings (SSSR count). The van der Waals surface area contributed by atoms with Gasteiger partial charge in [0.1, 0.15) is 11.5 Å². The van der Waals surface area contributed by atoms with Gasteiger partial charge in [0.15, 0.2) is 0 Å². The quantitative estimate of drug-likeness (QED) is 0.813. The Bertz CT molecular complexity index is 517. The summed E-state index contributed by atoms with van der Waals surface area (Å²) in [6.45, 7) is 3.07. The molecule has 3 nitrogen and oxygen atoms in total. The van der Waals surface area contributed by atoms with Crippen molar-refractivity contribution in [3.63, 3.8) is 0 Å². The first-order valence-electron chi connectivity index (χ1n) is 5.91. The maximum atomic E-state index is 5.82. The number of halogens is 1. The number of anilines is 1. The molecular weight excluding hydrogens is 339 g/mol. The summed E-state index contributed by atoms with van der Waals surface area (Å²) in [4.78, 5) is 4.17. The summed E-state index contributed by atoms with van der Waals surface area (Å²) in [6.07, 6.45) is 4.61. The van der Waals surface area contributed by atoms with Crippen LogP contribution in [0.4, 0.5) is 5.69 Å². The van der Waals surface area contributed by atoms with Crippen LogP contribution in [0.25, 0.3) is 0 Å². The van der Waals surface area contributed by atoms with Crippen molar-refractivity contribution >= 4 is 28.3 Å². The number of benzene rings is 1. The van der Waals surface area contributed by atoms with Gasteiger partial charge in [-0.25, -0.2) is 0 Å². The minimum Gasteiger partial charge on any atom is -0.455 e. The highest BCUT2D eigenvalue weighted by molar-refractivity contribution is 14.1. The fourth-order valence-electron chi connectivity index (χ4n) is 1.50. The summed E-state index contributed by atoms with van der Waals surface area (Å²) >= 11 is 2.26. The summed E-state index contributed by atoms with van der Waals surface area (Å²) < 4.78 is 6.90. The molecule has 0 spiro atoms. The molecule has 1 heterocycles. The number of para-hydroxylation sites is 1. The SMILES string of the molecule is CCCNc1cncc(Oc2ccccc2I)c1. The lowest BCUT2D eigenvalue weighted by Crippen LogP contribution is -2.00. The number of aromatic nitrogens is 1. The molecule has 1 aromatic carbocycles. The first-order chi connectivity index (χ1) is 8.79. The number of rotatable bonds is 5. The summed E-state index contributed by atoms with van der Waals surface area (Å²) in [5.74, 6) is 1.60. The molecule has 0 bridgehead atoms. The molecule has 0 saturated carbocycles. The molecule has 0 aliphatic heterocycles. The smallest absolute Gasteiger partial charge is 0.147 e. The van der Waals surface area contributed by atoms with E-state index in [1.165, 1.54) is 0 Å². The van der Waals surface area contributed by atoms with Gasteiger partial charge in [-0.1, -0.05) is 19.1 Å². The van der Waals surface area contributed by atoms with Gasteiger partial charge in [-0.3, -0.25) is 4.98 Å². The Labute approximate surface area is 121 Å². The van der Waals surface area contributed by atoms with E-state index in [-0.39, 0.29) is 0 Å². The van der Waals surface area contributed by atoms with E-state index in [1.54, 1.807) is 12.4 Å². The first-order valence-corrected chi connectivity index (χ1v) is 6.99. The predicted octanol–water partition coefficient (Wildman–Crippen LogP) is 4.30. The molecule has 0 aliphatic rings. The van der Waals surface area contributed by atoms with E-state index >= 15 is 0 Å². The van der Waals surface area contributed by atoms with Crippen LogP contribution in [0.5, 0.6) is 11.5 Å². The third kappa shape index (κ3) is 3.60. The fraction of sp³-hybridized carbons (Fsp3) is 0.214. The van der Waals surface area contributed by atoms with Crippen molar-refractivity contribution in [2.24, 2.45) is 0 Å². The normalized spacial score (nSPS) is 10.1. The van der Waals surface area contributed by atoms with E-state index in [0.717, 1.165) is 33.7 Å². The van der Waals surface area contributed by atoms with Crippen molar-refractivity contribution in [2.75, 3.05) is 11.9 Å². The van der Waals surface area contributed by atoms with Crippen LogP contribution in [-0.2, 0) is 0 Å². The first kappa shape index (κ1) is 13.1. The molecule has 0 fully saturated rings. The highest BCUT2D eigenvalue weighted by Crippen LogP contribution is 2.27. The molecule has 0 saturated heterocycles. The predicted molar refractivity (Wildman–Crippen MR) is 82.3 cm³/mol.